The third kappa shape index (κ3) is 3.08. The van der Waals surface area contributed by atoms with E-state index in [0.29, 0.717) is 6.42 Å². The van der Waals surface area contributed by atoms with Crippen molar-refractivity contribution in [2.24, 2.45) is 0 Å². The molecule has 0 saturated carbocycles. The van der Waals surface area contributed by atoms with Crippen molar-refractivity contribution in [2.45, 2.75) is 32.7 Å². The highest BCUT2D eigenvalue weighted by molar-refractivity contribution is 5.88. The third-order valence-electron chi connectivity index (χ3n) is 3.23. The summed E-state index contributed by atoms with van der Waals surface area (Å²) in [5.41, 5.74) is 1.64. The Morgan fingerprint density at radius 2 is 2.26 bits per heavy atom. The molecule has 19 heavy (non-hydrogen) atoms. The number of hydrogen-bond acceptors (Lipinski definition) is 3. The van der Waals surface area contributed by atoms with Crippen LogP contribution in [0.5, 0.6) is 5.75 Å². The van der Waals surface area contributed by atoms with Crippen molar-refractivity contribution < 1.29 is 13.9 Å². The summed E-state index contributed by atoms with van der Waals surface area (Å²) in [6.45, 7) is 4.04. The molecule has 2 rings (SSSR count). The van der Waals surface area contributed by atoms with Crippen LogP contribution in [0.4, 0.5) is 0 Å². The fraction of sp³-hybridized carbons (Fsp3) is 0.400. The van der Waals surface area contributed by atoms with E-state index in [1.54, 1.807) is 13.4 Å². The van der Waals surface area contributed by atoms with E-state index < -0.39 is 0 Å². The Kier molecular flexibility index (Phi) is 4.10. The number of fused-ring (bicyclic) bond motifs is 1. The lowest BCUT2D eigenvalue weighted by Crippen LogP contribution is -2.33. The number of carbonyl (C=O) groups excluding carboxylic acids is 1. The van der Waals surface area contributed by atoms with Gasteiger partial charge in [-0.3, -0.25) is 4.79 Å². The number of nitrogens with one attached hydrogen (secondary N) is 1. The molecule has 0 aliphatic carbocycles. The average Bonchev–Trinajstić information content (AvgIpc) is 2.80. The Bertz CT molecular complexity index is 574. The van der Waals surface area contributed by atoms with Crippen molar-refractivity contribution in [1.29, 1.82) is 0 Å². The van der Waals surface area contributed by atoms with Gasteiger partial charge in [-0.25, -0.2) is 0 Å². The van der Waals surface area contributed by atoms with E-state index >= 15 is 0 Å². The zero-order valence-electron chi connectivity index (χ0n) is 11.5. The first kappa shape index (κ1) is 13.5. The predicted octanol–water partition coefficient (Wildman–Crippen LogP) is 2.90. The van der Waals surface area contributed by atoms with E-state index in [1.807, 2.05) is 32.0 Å². The molecule has 0 aliphatic rings. The highest BCUT2D eigenvalue weighted by atomic mass is 16.5. The number of furan rings is 1. The molecule has 4 heteroatoms. The third-order valence-corrected chi connectivity index (χ3v) is 3.23. The Hall–Kier alpha value is -1.97. The van der Waals surface area contributed by atoms with E-state index in [9.17, 15) is 4.79 Å². The van der Waals surface area contributed by atoms with Gasteiger partial charge in [0.05, 0.1) is 19.8 Å². The summed E-state index contributed by atoms with van der Waals surface area (Å²) in [4.78, 5) is 11.9. The van der Waals surface area contributed by atoms with Gasteiger partial charge in [0.15, 0.2) is 0 Å². The van der Waals surface area contributed by atoms with Crippen LogP contribution in [0.2, 0.25) is 0 Å². The molecule has 1 atom stereocenters. The van der Waals surface area contributed by atoms with Crippen molar-refractivity contribution >= 4 is 16.9 Å². The second kappa shape index (κ2) is 5.78. The van der Waals surface area contributed by atoms with Crippen LogP contribution in [0.1, 0.15) is 25.8 Å². The minimum atomic E-state index is 0.0212. The summed E-state index contributed by atoms with van der Waals surface area (Å²) in [5, 5.41) is 3.91. The Morgan fingerprint density at radius 1 is 1.47 bits per heavy atom. The monoisotopic (exact) mass is 261 g/mol. The zero-order valence-corrected chi connectivity index (χ0v) is 11.5. The summed E-state index contributed by atoms with van der Waals surface area (Å²) < 4.78 is 10.6. The molecule has 1 N–H and O–H groups in total. The lowest BCUT2D eigenvalue weighted by atomic mass is 10.1. The maximum Gasteiger partial charge on any atom is 0.224 e. The van der Waals surface area contributed by atoms with Crippen molar-refractivity contribution in [3.8, 4) is 5.75 Å². The highest BCUT2D eigenvalue weighted by Gasteiger charge is 2.12. The van der Waals surface area contributed by atoms with Crippen LogP contribution in [0, 0.1) is 0 Å². The molecule has 1 aromatic heterocycles. The van der Waals surface area contributed by atoms with Gasteiger partial charge in [0, 0.05) is 23.1 Å². The van der Waals surface area contributed by atoms with Crippen LogP contribution in [0.15, 0.2) is 28.9 Å². The smallest absolute Gasteiger partial charge is 0.224 e. The van der Waals surface area contributed by atoms with E-state index in [0.717, 1.165) is 28.7 Å². The average molecular weight is 261 g/mol. The molecule has 0 bridgehead atoms. The summed E-state index contributed by atoms with van der Waals surface area (Å²) in [5.74, 6) is 0.769. The lowest BCUT2D eigenvalue weighted by molar-refractivity contribution is -0.121. The number of ether oxygens (including phenoxy) is 1. The molecule has 1 heterocycles. The Labute approximate surface area is 112 Å². The molecule has 1 aromatic carbocycles. The van der Waals surface area contributed by atoms with Gasteiger partial charge in [0.2, 0.25) is 5.91 Å². The largest absolute Gasteiger partial charge is 0.497 e. The van der Waals surface area contributed by atoms with Crippen molar-refractivity contribution in [3.63, 3.8) is 0 Å². The van der Waals surface area contributed by atoms with Gasteiger partial charge in [0.25, 0.3) is 0 Å². The van der Waals surface area contributed by atoms with Crippen LogP contribution in [0.3, 0.4) is 0 Å². The molecule has 2 aromatic rings. The first-order valence-electron chi connectivity index (χ1n) is 6.47. The normalized spacial score (nSPS) is 12.4. The Balaban J connectivity index is 2.15. The first-order valence-corrected chi connectivity index (χ1v) is 6.47. The van der Waals surface area contributed by atoms with Gasteiger partial charge >= 0.3 is 0 Å². The minimum absolute atomic E-state index is 0.0212. The molecule has 0 unspecified atom stereocenters. The molecule has 0 fully saturated rings. The van der Waals surface area contributed by atoms with Crippen LogP contribution >= 0.6 is 0 Å². The molecule has 0 aliphatic heterocycles. The van der Waals surface area contributed by atoms with Crippen molar-refractivity contribution in [2.75, 3.05) is 7.11 Å². The molecule has 0 radical (unpaired) electrons. The fourth-order valence-electron chi connectivity index (χ4n) is 1.93. The van der Waals surface area contributed by atoms with E-state index in [4.69, 9.17) is 9.15 Å². The van der Waals surface area contributed by atoms with Gasteiger partial charge in [-0.2, -0.15) is 0 Å². The van der Waals surface area contributed by atoms with Crippen LogP contribution in [-0.2, 0) is 11.2 Å². The van der Waals surface area contributed by atoms with Gasteiger partial charge in [-0.05, 0) is 25.5 Å². The van der Waals surface area contributed by atoms with Crippen molar-refractivity contribution in [1.82, 2.24) is 5.32 Å². The zero-order chi connectivity index (χ0) is 13.8. The SMILES string of the molecule is CC[C@H](C)NC(=O)Cc1coc2cc(OC)ccc12. The molecule has 1 amide bonds. The van der Waals surface area contributed by atoms with Crippen LogP contribution in [-0.4, -0.2) is 19.1 Å². The summed E-state index contributed by atoms with van der Waals surface area (Å²) >= 11 is 0. The standard InChI is InChI=1S/C15H19NO3/c1-4-10(2)16-15(17)7-11-9-19-14-8-12(18-3)5-6-13(11)14/h5-6,8-10H,4,7H2,1-3H3,(H,16,17)/t10-/m0/s1. The van der Waals surface area contributed by atoms with Crippen molar-refractivity contribution in [3.05, 3.63) is 30.0 Å². The summed E-state index contributed by atoms with van der Waals surface area (Å²) in [7, 11) is 1.62. The first-order chi connectivity index (χ1) is 9.13. The van der Waals surface area contributed by atoms with Gasteiger partial charge < -0.3 is 14.5 Å². The number of rotatable bonds is 5. The maximum atomic E-state index is 11.9. The lowest BCUT2D eigenvalue weighted by Gasteiger charge is -2.10. The number of carbonyl (C=O) groups is 1. The number of benzene rings is 1. The fourth-order valence-corrected chi connectivity index (χ4v) is 1.93. The molecule has 102 valence electrons. The second-order valence-corrected chi connectivity index (χ2v) is 4.68. The molecular formula is C15H19NO3. The molecule has 0 saturated heterocycles. The molecule has 0 spiro atoms. The van der Waals surface area contributed by atoms with Gasteiger partial charge in [-0.1, -0.05) is 6.92 Å². The Morgan fingerprint density at radius 3 is 2.95 bits per heavy atom. The van der Waals surface area contributed by atoms with E-state index in [2.05, 4.69) is 5.32 Å². The second-order valence-electron chi connectivity index (χ2n) is 4.68. The van der Waals surface area contributed by atoms with E-state index in [1.165, 1.54) is 0 Å². The summed E-state index contributed by atoms with van der Waals surface area (Å²) in [6.07, 6.45) is 2.90. The maximum absolute atomic E-state index is 11.9. The topological polar surface area (TPSA) is 51.5 Å². The predicted molar refractivity (Wildman–Crippen MR) is 74.4 cm³/mol. The number of amides is 1. The van der Waals surface area contributed by atoms with E-state index in [-0.39, 0.29) is 11.9 Å². The van der Waals surface area contributed by atoms with Gasteiger partial charge in [0.1, 0.15) is 11.3 Å². The number of methoxy groups -OCH3 is 1. The van der Waals surface area contributed by atoms with Crippen LogP contribution in [0.25, 0.3) is 11.0 Å². The summed E-state index contributed by atoms with van der Waals surface area (Å²) in [6, 6.07) is 5.81. The minimum Gasteiger partial charge on any atom is -0.497 e. The van der Waals surface area contributed by atoms with Crippen LogP contribution < -0.4 is 10.1 Å². The highest BCUT2D eigenvalue weighted by Crippen LogP contribution is 2.25. The van der Waals surface area contributed by atoms with Gasteiger partial charge in [-0.15, -0.1) is 0 Å². The molecule has 4 nitrogen and oxygen atoms in total. The number of hydrogen-bond donors (Lipinski definition) is 1. The molecular weight excluding hydrogens is 242 g/mol. The quantitative estimate of drug-likeness (QED) is 0.900.